The van der Waals surface area contributed by atoms with Crippen LogP contribution in [0.5, 0.6) is 11.5 Å². The Balaban J connectivity index is 1.74. The van der Waals surface area contributed by atoms with E-state index in [1.807, 2.05) is 36.4 Å². The third-order valence-electron chi connectivity index (χ3n) is 4.20. The lowest BCUT2D eigenvalue weighted by Gasteiger charge is -2.11. The summed E-state index contributed by atoms with van der Waals surface area (Å²) in [5.41, 5.74) is 1.92. The molecule has 0 heterocycles. The number of nitriles is 1. The van der Waals surface area contributed by atoms with Crippen molar-refractivity contribution in [3.63, 3.8) is 0 Å². The van der Waals surface area contributed by atoms with Gasteiger partial charge in [-0.15, -0.1) is 0 Å². The fourth-order valence-corrected chi connectivity index (χ4v) is 2.68. The molecule has 150 valence electrons. The molecule has 3 aromatic rings. The van der Waals surface area contributed by atoms with E-state index in [-0.39, 0.29) is 5.57 Å². The van der Waals surface area contributed by atoms with Gasteiger partial charge in [-0.2, -0.15) is 5.26 Å². The van der Waals surface area contributed by atoms with Crippen molar-refractivity contribution >= 4 is 17.7 Å². The van der Waals surface area contributed by atoms with Gasteiger partial charge in [0, 0.05) is 5.69 Å². The lowest BCUT2D eigenvalue weighted by atomic mass is 10.1. The molecule has 0 unspecified atom stereocenters. The maximum atomic E-state index is 13.0. The van der Waals surface area contributed by atoms with Crippen molar-refractivity contribution in [3.05, 3.63) is 95.3 Å². The number of halogens is 1. The molecule has 3 rings (SSSR count). The van der Waals surface area contributed by atoms with Crippen molar-refractivity contribution in [2.24, 2.45) is 0 Å². The number of carbonyl (C=O) groups is 1. The zero-order chi connectivity index (χ0) is 21.3. The molecule has 0 aliphatic carbocycles. The van der Waals surface area contributed by atoms with Crippen molar-refractivity contribution in [1.82, 2.24) is 0 Å². The Morgan fingerprint density at radius 2 is 1.80 bits per heavy atom. The Kier molecular flexibility index (Phi) is 6.80. The Morgan fingerprint density at radius 3 is 2.47 bits per heavy atom. The molecule has 0 aliphatic heterocycles. The van der Waals surface area contributed by atoms with Crippen LogP contribution in [0.25, 0.3) is 6.08 Å². The molecule has 5 nitrogen and oxygen atoms in total. The molecule has 0 bridgehead atoms. The second-order valence-electron chi connectivity index (χ2n) is 6.32. The van der Waals surface area contributed by atoms with E-state index in [1.165, 1.54) is 37.5 Å². The normalized spacial score (nSPS) is 10.8. The minimum atomic E-state index is -0.590. The average molecular weight is 402 g/mol. The number of benzene rings is 3. The second-order valence-corrected chi connectivity index (χ2v) is 6.32. The topological polar surface area (TPSA) is 71.3 Å². The highest BCUT2D eigenvalue weighted by molar-refractivity contribution is 6.09. The van der Waals surface area contributed by atoms with Crippen molar-refractivity contribution < 1.29 is 18.7 Å². The second kappa shape index (κ2) is 9.89. The van der Waals surface area contributed by atoms with Crippen molar-refractivity contribution in [1.29, 1.82) is 5.26 Å². The van der Waals surface area contributed by atoms with Gasteiger partial charge in [0.15, 0.2) is 11.5 Å². The highest BCUT2D eigenvalue weighted by Crippen LogP contribution is 2.29. The molecular weight excluding hydrogens is 383 g/mol. The van der Waals surface area contributed by atoms with Gasteiger partial charge in [0.25, 0.3) is 5.91 Å². The lowest BCUT2D eigenvalue weighted by molar-refractivity contribution is -0.112. The lowest BCUT2D eigenvalue weighted by Crippen LogP contribution is -2.13. The zero-order valence-corrected chi connectivity index (χ0v) is 16.3. The molecule has 3 aromatic carbocycles. The predicted molar refractivity (Wildman–Crippen MR) is 112 cm³/mol. The molecule has 0 atom stereocenters. The smallest absolute Gasteiger partial charge is 0.266 e. The summed E-state index contributed by atoms with van der Waals surface area (Å²) in [4.78, 5) is 12.4. The maximum Gasteiger partial charge on any atom is 0.266 e. The summed E-state index contributed by atoms with van der Waals surface area (Å²) in [5.74, 6) is 0.0295. The summed E-state index contributed by atoms with van der Waals surface area (Å²) in [6.07, 6.45) is 1.45. The van der Waals surface area contributed by atoms with Crippen molar-refractivity contribution in [2.75, 3.05) is 12.4 Å². The predicted octanol–water partition coefficient (Wildman–Crippen LogP) is 4.96. The molecule has 0 spiro atoms. The molecule has 0 aromatic heterocycles. The van der Waals surface area contributed by atoms with E-state index in [2.05, 4.69) is 5.32 Å². The Hall–Kier alpha value is -4.11. The Bertz CT molecular complexity index is 1090. The molecule has 0 radical (unpaired) electrons. The zero-order valence-electron chi connectivity index (χ0n) is 16.3. The number of rotatable bonds is 7. The van der Waals surface area contributed by atoms with E-state index in [0.29, 0.717) is 29.4 Å². The van der Waals surface area contributed by atoms with Crippen LogP contribution in [0.3, 0.4) is 0 Å². The molecule has 0 saturated carbocycles. The van der Waals surface area contributed by atoms with Crippen LogP contribution in [0.2, 0.25) is 0 Å². The van der Waals surface area contributed by atoms with E-state index in [0.717, 1.165) is 5.56 Å². The number of carbonyl (C=O) groups excluding carboxylic acids is 1. The van der Waals surface area contributed by atoms with Gasteiger partial charge in [0.2, 0.25) is 0 Å². The van der Waals surface area contributed by atoms with Crippen LogP contribution in [0.1, 0.15) is 11.1 Å². The average Bonchev–Trinajstić information content (AvgIpc) is 2.78. The highest BCUT2D eigenvalue weighted by Gasteiger charge is 2.11. The van der Waals surface area contributed by atoms with Gasteiger partial charge < -0.3 is 14.8 Å². The first-order valence-electron chi connectivity index (χ1n) is 9.12. The summed E-state index contributed by atoms with van der Waals surface area (Å²) >= 11 is 0. The van der Waals surface area contributed by atoms with Crippen LogP contribution in [0.4, 0.5) is 10.1 Å². The number of amides is 1. The van der Waals surface area contributed by atoms with Gasteiger partial charge in [-0.1, -0.05) is 36.4 Å². The van der Waals surface area contributed by atoms with Crippen LogP contribution in [0.15, 0.2) is 78.4 Å². The Morgan fingerprint density at radius 1 is 1.07 bits per heavy atom. The molecule has 0 fully saturated rings. The molecular formula is C24H19FN2O3. The fourth-order valence-electron chi connectivity index (χ4n) is 2.68. The summed E-state index contributed by atoms with van der Waals surface area (Å²) in [6.45, 7) is 0.385. The third kappa shape index (κ3) is 5.46. The van der Waals surface area contributed by atoms with Gasteiger partial charge >= 0.3 is 0 Å². The summed E-state index contributed by atoms with van der Waals surface area (Å²) in [6, 6.07) is 22.0. The molecule has 1 amide bonds. The monoisotopic (exact) mass is 402 g/mol. The number of nitrogens with zero attached hydrogens (tertiary/aromatic N) is 1. The SMILES string of the molecule is COc1cc(/C=C(\C#N)C(=O)Nc2ccc(F)cc2)ccc1OCc1ccccc1. The minimum absolute atomic E-state index is 0.0978. The van der Waals surface area contributed by atoms with E-state index in [4.69, 9.17) is 9.47 Å². The first-order valence-corrected chi connectivity index (χ1v) is 9.12. The number of ether oxygens (including phenoxy) is 2. The van der Waals surface area contributed by atoms with Crippen LogP contribution < -0.4 is 14.8 Å². The number of methoxy groups -OCH3 is 1. The van der Waals surface area contributed by atoms with Crippen LogP contribution in [0, 0.1) is 17.1 Å². The standard InChI is InChI=1S/C24H19FN2O3/c1-29-23-14-18(7-12-22(23)30-16-17-5-3-2-4-6-17)13-19(15-26)24(28)27-21-10-8-20(25)9-11-21/h2-14H,16H2,1H3,(H,27,28)/b19-13+. The van der Waals surface area contributed by atoms with Gasteiger partial charge in [-0.25, -0.2) is 4.39 Å². The molecule has 6 heteroatoms. The molecule has 0 aliphatic rings. The summed E-state index contributed by atoms with van der Waals surface area (Å²) in [5, 5.41) is 11.9. The van der Waals surface area contributed by atoms with Gasteiger partial charge in [0.1, 0.15) is 24.1 Å². The van der Waals surface area contributed by atoms with E-state index < -0.39 is 11.7 Å². The summed E-state index contributed by atoms with van der Waals surface area (Å²) in [7, 11) is 1.52. The number of hydrogen-bond donors (Lipinski definition) is 1. The Labute approximate surface area is 174 Å². The van der Waals surface area contributed by atoms with E-state index >= 15 is 0 Å². The quantitative estimate of drug-likeness (QED) is 0.448. The number of nitrogens with one attached hydrogen (secondary N) is 1. The molecule has 30 heavy (non-hydrogen) atoms. The van der Waals surface area contributed by atoms with E-state index in [9.17, 15) is 14.4 Å². The summed E-state index contributed by atoms with van der Waals surface area (Å²) < 4.78 is 24.2. The van der Waals surface area contributed by atoms with Crippen molar-refractivity contribution in [3.8, 4) is 17.6 Å². The first kappa shape index (κ1) is 20.6. The first-order chi connectivity index (χ1) is 14.6. The number of hydrogen-bond acceptors (Lipinski definition) is 4. The van der Waals surface area contributed by atoms with Gasteiger partial charge in [0.05, 0.1) is 7.11 Å². The maximum absolute atomic E-state index is 13.0. The van der Waals surface area contributed by atoms with E-state index in [1.54, 1.807) is 18.2 Å². The largest absolute Gasteiger partial charge is 0.493 e. The molecule has 1 N–H and O–H groups in total. The van der Waals surface area contributed by atoms with Crippen molar-refractivity contribution in [2.45, 2.75) is 6.61 Å². The van der Waals surface area contributed by atoms with Crippen LogP contribution in [-0.4, -0.2) is 13.0 Å². The third-order valence-corrected chi connectivity index (χ3v) is 4.20. The fraction of sp³-hybridized carbons (Fsp3) is 0.0833. The minimum Gasteiger partial charge on any atom is -0.493 e. The van der Waals surface area contributed by atoms with Crippen LogP contribution >= 0.6 is 0 Å². The number of anilines is 1. The highest BCUT2D eigenvalue weighted by atomic mass is 19.1. The van der Waals surface area contributed by atoms with Gasteiger partial charge in [-0.05, 0) is 53.6 Å². The van der Waals surface area contributed by atoms with Gasteiger partial charge in [-0.3, -0.25) is 4.79 Å². The molecule has 0 saturated heterocycles. The van der Waals surface area contributed by atoms with Crippen LogP contribution in [-0.2, 0) is 11.4 Å².